The van der Waals surface area contributed by atoms with Gasteiger partial charge in [0.2, 0.25) is 0 Å². The maximum Gasteiger partial charge on any atom is 0.0167 e. The Balaban J connectivity index is 0.00000196. The third-order valence-corrected chi connectivity index (χ3v) is 6.09. The SMILES string of the molecule is CCc1ccc(-c2ccc(C)c3c2C=C(CC2CCCCC2)[CH]3)cc1.[Zr]. The molecule has 0 spiro atoms. The van der Waals surface area contributed by atoms with Gasteiger partial charge in [-0.15, -0.1) is 0 Å². The van der Waals surface area contributed by atoms with Crippen molar-refractivity contribution in [2.45, 2.75) is 58.8 Å². The molecular weight excluding hydrogens is 391 g/mol. The topological polar surface area (TPSA) is 0 Å². The van der Waals surface area contributed by atoms with Crippen molar-refractivity contribution in [1.82, 2.24) is 0 Å². The molecule has 0 aliphatic heterocycles. The molecule has 1 saturated carbocycles. The standard InChI is InChI=1S/C25H29.Zr/c1-3-19-10-12-22(13-11-19)23-14-9-18(2)24-16-21(17-25(23)24)15-20-7-5-4-6-8-20;/h9-14,16-17,20H,3-8,15H2,1-2H3;. The minimum Gasteiger partial charge on any atom is -0.0613 e. The maximum absolute atomic E-state index is 2.47. The van der Waals surface area contributed by atoms with Gasteiger partial charge in [0.1, 0.15) is 0 Å². The third kappa shape index (κ3) is 4.14. The van der Waals surface area contributed by atoms with Crippen LogP contribution < -0.4 is 0 Å². The minimum atomic E-state index is 0. The van der Waals surface area contributed by atoms with Gasteiger partial charge in [-0.3, -0.25) is 0 Å². The summed E-state index contributed by atoms with van der Waals surface area (Å²) in [5.41, 5.74) is 9.97. The zero-order valence-electron chi connectivity index (χ0n) is 16.1. The number of aryl methyl sites for hydroxylation is 2. The van der Waals surface area contributed by atoms with E-state index in [1.54, 1.807) is 5.57 Å². The van der Waals surface area contributed by atoms with Crippen LogP contribution in [0.15, 0.2) is 42.0 Å². The molecule has 0 aromatic heterocycles. The molecule has 0 bridgehead atoms. The molecule has 2 aromatic carbocycles. The van der Waals surface area contributed by atoms with E-state index >= 15 is 0 Å². The fourth-order valence-corrected chi connectivity index (χ4v) is 4.52. The zero-order chi connectivity index (χ0) is 17.2. The molecule has 0 N–H and O–H groups in total. The van der Waals surface area contributed by atoms with E-state index in [1.807, 2.05) is 0 Å². The molecular formula is C25H29Zr. The smallest absolute Gasteiger partial charge is 0.0167 e. The van der Waals surface area contributed by atoms with Crippen LogP contribution in [-0.4, -0.2) is 0 Å². The molecule has 0 nitrogen and oxygen atoms in total. The Morgan fingerprint density at radius 3 is 2.31 bits per heavy atom. The van der Waals surface area contributed by atoms with E-state index in [1.165, 1.54) is 71.9 Å². The molecule has 0 unspecified atom stereocenters. The van der Waals surface area contributed by atoms with Crippen molar-refractivity contribution in [3.8, 4) is 11.1 Å². The van der Waals surface area contributed by atoms with Crippen molar-refractivity contribution >= 4 is 6.08 Å². The van der Waals surface area contributed by atoms with E-state index in [9.17, 15) is 0 Å². The quantitative estimate of drug-likeness (QED) is 0.493. The summed E-state index contributed by atoms with van der Waals surface area (Å²) in [6.07, 6.45) is 14.4. The summed E-state index contributed by atoms with van der Waals surface area (Å²) in [5.74, 6) is 0.901. The van der Waals surface area contributed by atoms with E-state index in [0.717, 1.165) is 12.3 Å². The Labute approximate surface area is 178 Å². The van der Waals surface area contributed by atoms with Gasteiger partial charge in [0.15, 0.2) is 0 Å². The van der Waals surface area contributed by atoms with Crippen molar-refractivity contribution in [2.24, 2.45) is 5.92 Å². The second-order valence-electron chi connectivity index (χ2n) is 7.88. The third-order valence-electron chi connectivity index (χ3n) is 6.09. The number of hydrogen-bond acceptors (Lipinski definition) is 0. The Kier molecular flexibility index (Phi) is 6.73. The fraction of sp³-hybridized carbons (Fsp3) is 0.400. The first kappa shape index (κ1) is 19.8. The number of benzene rings is 2. The van der Waals surface area contributed by atoms with Crippen LogP contribution in [0.3, 0.4) is 0 Å². The molecule has 2 aromatic rings. The van der Waals surface area contributed by atoms with Gasteiger partial charge in [-0.25, -0.2) is 0 Å². The molecule has 1 radical (unpaired) electrons. The summed E-state index contributed by atoms with van der Waals surface area (Å²) in [7, 11) is 0. The average molecular weight is 421 g/mol. The van der Waals surface area contributed by atoms with E-state index in [-0.39, 0.29) is 26.2 Å². The molecule has 0 saturated heterocycles. The Hall–Kier alpha value is -0.937. The summed E-state index contributed by atoms with van der Waals surface area (Å²) in [6, 6.07) is 13.7. The van der Waals surface area contributed by atoms with Crippen molar-refractivity contribution in [3.05, 3.63) is 70.6 Å². The summed E-state index contributed by atoms with van der Waals surface area (Å²) in [5, 5.41) is 0. The first-order valence-electron chi connectivity index (χ1n) is 10.0. The zero-order valence-corrected chi connectivity index (χ0v) is 18.6. The van der Waals surface area contributed by atoms with Gasteiger partial charge in [-0.05, 0) is 59.1 Å². The van der Waals surface area contributed by atoms with Crippen LogP contribution in [0.2, 0.25) is 0 Å². The van der Waals surface area contributed by atoms with Gasteiger partial charge in [-0.2, -0.15) is 0 Å². The summed E-state index contributed by atoms with van der Waals surface area (Å²) >= 11 is 0. The monoisotopic (exact) mass is 419 g/mol. The molecule has 0 heterocycles. The second kappa shape index (κ2) is 8.83. The number of allylic oxidation sites excluding steroid dienone is 1. The van der Waals surface area contributed by atoms with Crippen LogP contribution in [0.1, 0.15) is 67.7 Å². The van der Waals surface area contributed by atoms with E-state index in [0.29, 0.717) is 0 Å². The van der Waals surface area contributed by atoms with Crippen LogP contribution in [0.25, 0.3) is 17.2 Å². The van der Waals surface area contributed by atoms with Crippen molar-refractivity contribution in [3.63, 3.8) is 0 Å². The molecule has 2 aliphatic carbocycles. The predicted molar refractivity (Wildman–Crippen MR) is 109 cm³/mol. The van der Waals surface area contributed by atoms with Crippen molar-refractivity contribution < 1.29 is 26.2 Å². The van der Waals surface area contributed by atoms with E-state index in [4.69, 9.17) is 0 Å². The summed E-state index contributed by atoms with van der Waals surface area (Å²) < 4.78 is 0. The molecule has 0 atom stereocenters. The summed E-state index contributed by atoms with van der Waals surface area (Å²) in [6.45, 7) is 4.46. The normalized spacial score (nSPS) is 16.8. The van der Waals surface area contributed by atoms with Crippen LogP contribution in [-0.2, 0) is 32.6 Å². The maximum atomic E-state index is 2.47. The largest absolute Gasteiger partial charge is 0.0613 e. The predicted octanol–water partition coefficient (Wildman–Crippen LogP) is 7.14. The Morgan fingerprint density at radius 2 is 1.62 bits per heavy atom. The van der Waals surface area contributed by atoms with E-state index < -0.39 is 0 Å². The first-order chi connectivity index (χ1) is 12.2. The Morgan fingerprint density at radius 1 is 0.885 bits per heavy atom. The molecule has 1 heteroatoms. The van der Waals surface area contributed by atoms with Crippen LogP contribution in [0.5, 0.6) is 0 Å². The average Bonchev–Trinajstić information content (AvgIpc) is 3.07. The van der Waals surface area contributed by atoms with E-state index in [2.05, 4.69) is 62.7 Å². The van der Waals surface area contributed by atoms with Crippen LogP contribution in [0.4, 0.5) is 0 Å². The Bertz CT molecular complexity index is 777. The van der Waals surface area contributed by atoms with Gasteiger partial charge in [0, 0.05) is 32.6 Å². The van der Waals surface area contributed by atoms with Gasteiger partial charge in [0.05, 0.1) is 0 Å². The number of fused-ring (bicyclic) bond motifs is 1. The second-order valence-corrected chi connectivity index (χ2v) is 7.88. The van der Waals surface area contributed by atoms with Gasteiger partial charge in [-0.1, -0.05) is 87.1 Å². The molecule has 133 valence electrons. The first-order valence-corrected chi connectivity index (χ1v) is 10.0. The van der Waals surface area contributed by atoms with Crippen LogP contribution in [0, 0.1) is 19.3 Å². The van der Waals surface area contributed by atoms with Gasteiger partial charge in [0.25, 0.3) is 0 Å². The van der Waals surface area contributed by atoms with Crippen molar-refractivity contribution in [1.29, 1.82) is 0 Å². The molecule has 4 rings (SSSR count). The summed E-state index contributed by atoms with van der Waals surface area (Å²) in [4.78, 5) is 0. The molecule has 0 amide bonds. The fourth-order valence-electron chi connectivity index (χ4n) is 4.52. The van der Waals surface area contributed by atoms with Gasteiger partial charge < -0.3 is 0 Å². The number of hydrogen-bond donors (Lipinski definition) is 0. The van der Waals surface area contributed by atoms with Crippen LogP contribution >= 0.6 is 0 Å². The van der Waals surface area contributed by atoms with Gasteiger partial charge >= 0.3 is 0 Å². The molecule has 2 aliphatic rings. The number of rotatable bonds is 4. The molecule has 1 fully saturated rings. The molecule has 26 heavy (non-hydrogen) atoms. The van der Waals surface area contributed by atoms with Crippen molar-refractivity contribution in [2.75, 3.05) is 0 Å². The minimum absolute atomic E-state index is 0.